The molecule has 0 amide bonds. The number of hydrogen-bond donors (Lipinski definition) is 1. The van der Waals surface area contributed by atoms with Crippen LogP contribution in [0.15, 0.2) is 29.8 Å². The van der Waals surface area contributed by atoms with Crippen molar-refractivity contribution in [2.24, 2.45) is 5.92 Å². The number of ether oxygens (including phenoxy) is 1. The number of aromatic amines is 1. The fourth-order valence-corrected chi connectivity index (χ4v) is 3.99. The second-order valence-electron chi connectivity index (χ2n) is 6.53. The summed E-state index contributed by atoms with van der Waals surface area (Å²) in [5, 5.41) is 11.6. The van der Waals surface area contributed by atoms with Crippen LogP contribution >= 0.6 is 11.3 Å². The molecule has 1 aliphatic heterocycles. The van der Waals surface area contributed by atoms with Crippen LogP contribution in [0.3, 0.4) is 0 Å². The van der Waals surface area contributed by atoms with Crippen LogP contribution in [0.2, 0.25) is 0 Å². The van der Waals surface area contributed by atoms with Gasteiger partial charge in [0.2, 0.25) is 0 Å². The molecule has 1 N–H and O–H groups in total. The van der Waals surface area contributed by atoms with E-state index in [1.54, 1.807) is 11.3 Å². The summed E-state index contributed by atoms with van der Waals surface area (Å²) in [7, 11) is 0. The van der Waals surface area contributed by atoms with E-state index in [4.69, 9.17) is 4.74 Å². The van der Waals surface area contributed by atoms with Gasteiger partial charge in [-0.25, -0.2) is 4.98 Å². The summed E-state index contributed by atoms with van der Waals surface area (Å²) in [6, 6.07) is 6.54. The largest absolute Gasteiger partial charge is 0.380 e. The number of hydrogen-bond acceptors (Lipinski definition) is 5. The molecule has 6 heteroatoms. The van der Waals surface area contributed by atoms with Gasteiger partial charge in [-0.1, -0.05) is 6.07 Å². The fourth-order valence-electron chi connectivity index (χ4n) is 3.38. The SMILES string of the molecule is Cc1nc(CN2CCOC[C@H](Cc3ccc4[nH]ncc4c3)C2)cs1. The van der Waals surface area contributed by atoms with Gasteiger partial charge in [0, 0.05) is 30.4 Å². The monoisotopic (exact) mass is 342 g/mol. The van der Waals surface area contributed by atoms with Crippen molar-refractivity contribution in [2.45, 2.75) is 19.9 Å². The van der Waals surface area contributed by atoms with E-state index in [9.17, 15) is 0 Å². The minimum Gasteiger partial charge on any atom is -0.380 e. The first kappa shape index (κ1) is 15.7. The Bertz CT molecular complexity index is 812. The Hall–Kier alpha value is -1.76. The van der Waals surface area contributed by atoms with Crippen LogP contribution in [-0.2, 0) is 17.7 Å². The molecule has 126 valence electrons. The van der Waals surface area contributed by atoms with E-state index in [0.29, 0.717) is 5.92 Å². The lowest BCUT2D eigenvalue weighted by Crippen LogP contribution is -2.30. The number of fused-ring (bicyclic) bond motifs is 1. The van der Waals surface area contributed by atoms with Gasteiger partial charge in [-0.3, -0.25) is 10.00 Å². The zero-order valence-electron chi connectivity index (χ0n) is 13.9. The maximum atomic E-state index is 5.85. The lowest BCUT2D eigenvalue weighted by Gasteiger charge is -2.22. The molecule has 0 bridgehead atoms. The minimum absolute atomic E-state index is 0.511. The zero-order valence-corrected chi connectivity index (χ0v) is 14.7. The Morgan fingerprint density at radius 3 is 3.25 bits per heavy atom. The van der Waals surface area contributed by atoms with E-state index in [1.807, 2.05) is 6.20 Å². The molecule has 1 aliphatic rings. The van der Waals surface area contributed by atoms with E-state index in [2.05, 4.69) is 50.6 Å². The first-order valence-electron chi connectivity index (χ1n) is 8.39. The van der Waals surface area contributed by atoms with E-state index in [-0.39, 0.29) is 0 Å². The van der Waals surface area contributed by atoms with Gasteiger partial charge in [-0.05, 0) is 37.0 Å². The Kier molecular flexibility index (Phi) is 4.60. The number of thiazole rings is 1. The first-order chi connectivity index (χ1) is 11.8. The molecular formula is C18H22N4OS. The van der Waals surface area contributed by atoms with Crippen LogP contribution in [0, 0.1) is 12.8 Å². The van der Waals surface area contributed by atoms with Crippen molar-refractivity contribution in [2.75, 3.05) is 26.3 Å². The highest BCUT2D eigenvalue weighted by Gasteiger charge is 2.20. The topological polar surface area (TPSA) is 54.0 Å². The van der Waals surface area contributed by atoms with Crippen LogP contribution in [0.25, 0.3) is 10.9 Å². The summed E-state index contributed by atoms with van der Waals surface area (Å²) >= 11 is 1.73. The molecule has 3 aromatic rings. The Morgan fingerprint density at radius 1 is 1.42 bits per heavy atom. The van der Waals surface area contributed by atoms with E-state index in [0.717, 1.165) is 49.8 Å². The van der Waals surface area contributed by atoms with Gasteiger partial charge in [0.25, 0.3) is 0 Å². The summed E-state index contributed by atoms with van der Waals surface area (Å²) < 4.78 is 5.85. The third-order valence-corrected chi connectivity index (χ3v) is 5.33. The van der Waals surface area contributed by atoms with Crippen molar-refractivity contribution in [1.82, 2.24) is 20.1 Å². The van der Waals surface area contributed by atoms with Crippen LogP contribution < -0.4 is 0 Å². The molecule has 1 aromatic carbocycles. The van der Waals surface area contributed by atoms with Crippen LogP contribution in [-0.4, -0.2) is 46.4 Å². The number of nitrogens with one attached hydrogen (secondary N) is 1. The van der Waals surface area contributed by atoms with Crippen LogP contribution in [0.5, 0.6) is 0 Å². The van der Waals surface area contributed by atoms with E-state index in [1.165, 1.54) is 16.6 Å². The van der Waals surface area contributed by atoms with E-state index >= 15 is 0 Å². The number of nitrogens with zero attached hydrogens (tertiary/aromatic N) is 3. The maximum Gasteiger partial charge on any atom is 0.0897 e. The third kappa shape index (κ3) is 3.66. The van der Waals surface area contributed by atoms with Gasteiger partial charge in [0.15, 0.2) is 0 Å². The molecule has 1 saturated heterocycles. The van der Waals surface area contributed by atoms with Crippen molar-refractivity contribution in [3.63, 3.8) is 0 Å². The second-order valence-corrected chi connectivity index (χ2v) is 7.59. The highest BCUT2D eigenvalue weighted by molar-refractivity contribution is 7.09. The standard InChI is InChI=1S/C18H22N4OS/c1-13-20-17(12-24-13)10-22-4-5-23-11-15(9-22)6-14-2-3-18-16(7-14)8-19-21-18/h2-3,7-8,12,15H,4-6,9-11H2,1H3,(H,19,21)/t15-/m1/s1. The molecule has 3 heterocycles. The Morgan fingerprint density at radius 2 is 2.38 bits per heavy atom. The smallest absolute Gasteiger partial charge is 0.0897 e. The molecule has 0 saturated carbocycles. The lowest BCUT2D eigenvalue weighted by molar-refractivity contribution is 0.121. The molecule has 0 unspecified atom stereocenters. The number of benzene rings is 1. The first-order valence-corrected chi connectivity index (χ1v) is 9.27. The predicted octanol–water partition coefficient (Wildman–Crippen LogP) is 3.02. The summed E-state index contributed by atoms with van der Waals surface area (Å²) in [5.74, 6) is 0.511. The average Bonchev–Trinajstić information content (AvgIpc) is 3.13. The summed E-state index contributed by atoms with van der Waals surface area (Å²) in [6.07, 6.45) is 2.92. The number of H-pyrrole nitrogens is 1. The van der Waals surface area contributed by atoms with Crippen molar-refractivity contribution < 1.29 is 4.74 Å². The maximum absolute atomic E-state index is 5.85. The molecule has 4 rings (SSSR count). The van der Waals surface area contributed by atoms with Gasteiger partial charge in [-0.15, -0.1) is 11.3 Å². The Labute approximate surface area is 145 Å². The van der Waals surface area contributed by atoms with Crippen molar-refractivity contribution in [3.8, 4) is 0 Å². The molecule has 0 spiro atoms. The van der Waals surface area contributed by atoms with Gasteiger partial charge in [0.05, 0.1) is 35.6 Å². The predicted molar refractivity (Wildman–Crippen MR) is 96.2 cm³/mol. The number of aryl methyl sites for hydroxylation is 1. The molecule has 5 nitrogen and oxygen atoms in total. The number of aromatic nitrogens is 3. The summed E-state index contributed by atoms with van der Waals surface area (Å²) in [6.45, 7) is 6.66. The van der Waals surface area contributed by atoms with Crippen molar-refractivity contribution >= 4 is 22.2 Å². The highest BCUT2D eigenvalue weighted by Crippen LogP contribution is 2.19. The molecule has 0 aliphatic carbocycles. The molecule has 0 radical (unpaired) electrons. The number of rotatable bonds is 4. The van der Waals surface area contributed by atoms with Gasteiger partial charge < -0.3 is 4.74 Å². The quantitative estimate of drug-likeness (QED) is 0.792. The average molecular weight is 342 g/mol. The lowest BCUT2D eigenvalue weighted by atomic mass is 9.98. The minimum atomic E-state index is 0.511. The van der Waals surface area contributed by atoms with Crippen molar-refractivity contribution in [1.29, 1.82) is 0 Å². The Balaban J connectivity index is 1.43. The fraction of sp³-hybridized carbons (Fsp3) is 0.444. The molecular weight excluding hydrogens is 320 g/mol. The molecule has 1 fully saturated rings. The third-order valence-electron chi connectivity index (χ3n) is 4.50. The highest BCUT2D eigenvalue weighted by atomic mass is 32.1. The normalized spacial score (nSPS) is 19.6. The summed E-state index contributed by atoms with van der Waals surface area (Å²) in [4.78, 5) is 7.07. The van der Waals surface area contributed by atoms with Gasteiger partial charge in [-0.2, -0.15) is 5.10 Å². The molecule has 2 aromatic heterocycles. The van der Waals surface area contributed by atoms with Gasteiger partial charge >= 0.3 is 0 Å². The van der Waals surface area contributed by atoms with Gasteiger partial charge in [0.1, 0.15) is 0 Å². The molecule has 1 atom stereocenters. The van der Waals surface area contributed by atoms with Crippen LogP contribution in [0.4, 0.5) is 0 Å². The molecule has 24 heavy (non-hydrogen) atoms. The van der Waals surface area contributed by atoms with Crippen LogP contribution in [0.1, 0.15) is 16.3 Å². The summed E-state index contributed by atoms with van der Waals surface area (Å²) in [5.41, 5.74) is 3.62. The second kappa shape index (κ2) is 7.01. The van der Waals surface area contributed by atoms with Crippen molar-refractivity contribution in [3.05, 3.63) is 46.0 Å². The van der Waals surface area contributed by atoms with E-state index < -0.39 is 0 Å². The zero-order chi connectivity index (χ0) is 16.4.